The minimum Gasteiger partial charge on any atom is -0.507 e. The molecule has 0 saturated carbocycles. The van der Waals surface area contributed by atoms with E-state index >= 15 is 0 Å². The zero-order chi connectivity index (χ0) is 22.2. The lowest BCUT2D eigenvalue weighted by Gasteiger charge is -2.21. The Bertz CT molecular complexity index is 1120. The van der Waals surface area contributed by atoms with Crippen LogP contribution in [0.3, 0.4) is 0 Å². The van der Waals surface area contributed by atoms with E-state index in [1.165, 1.54) is 24.4 Å². The molecule has 0 fully saturated rings. The van der Waals surface area contributed by atoms with Crippen molar-refractivity contribution in [2.45, 2.75) is 6.42 Å². The lowest BCUT2D eigenvalue weighted by molar-refractivity contribution is -0.127. The number of nitrogens with zero attached hydrogens (tertiary/aromatic N) is 2. The summed E-state index contributed by atoms with van der Waals surface area (Å²) in [6.07, 6.45) is 0.642. The Labute approximate surface area is 183 Å². The number of hydrazone groups is 1. The number of carbonyl (C=O) groups excluding carboxylic acids is 3. The summed E-state index contributed by atoms with van der Waals surface area (Å²) in [5.41, 5.74) is 3.20. The highest BCUT2D eigenvalue weighted by Crippen LogP contribution is 2.21. The molecule has 0 aliphatic heterocycles. The summed E-state index contributed by atoms with van der Waals surface area (Å²) in [4.78, 5) is 39.0. The second kappa shape index (κ2) is 10.2. The highest BCUT2D eigenvalue weighted by molar-refractivity contribution is 6.31. The van der Waals surface area contributed by atoms with Crippen LogP contribution in [-0.2, 0) is 9.59 Å². The SMILES string of the molecule is O=C(CC(=O)N(C(=O)c1ccccc1)c1ccc(Cl)cc1)N/N=C/c1ccccc1O. The number of carbonyl (C=O) groups is 3. The molecule has 0 aromatic heterocycles. The van der Waals surface area contributed by atoms with Crippen LogP contribution in [0.25, 0.3) is 0 Å². The fourth-order valence-electron chi connectivity index (χ4n) is 2.70. The van der Waals surface area contributed by atoms with Gasteiger partial charge in [0.15, 0.2) is 0 Å². The van der Waals surface area contributed by atoms with Crippen molar-refractivity contribution in [2.24, 2.45) is 5.10 Å². The van der Waals surface area contributed by atoms with Gasteiger partial charge >= 0.3 is 0 Å². The first kappa shape index (κ1) is 21.7. The number of para-hydroxylation sites is 1. The molecule has 0 unspecified atom stereocenters. The molecule has 7 nitrogen and oxygen atoms in total. The number of phenolic OH excluding ortho intramolecular Hbond substituents is 1. The Morgan fingerprint density at radius 2 is 1.58 bits per heavy atom. The number of phenols is 1. The van der Waals surface area contributed by atoms with Crippen LogP contribution in [0.4, 0.5) is 5.69 Å². The third-order valence-electron chi connectivity index (χ3n) is 4.20. The molecule has 3 aromatic carbocycles. The lowest BCUT2D eigenvalue weighted by Crippen LogP contribution is -2.39. The molecule has 3 aromatic rings. The molecule has 3 amide bonds. The van der Waals surface area contributed by atoms with Crippen LogP contribution in [0.5, 0.6) is 5.75 Å². The number of amides is 3. The summed E-state index contributed by atoms with van der Waals surface area (Å²) in [6.45, 7) is 0. The average Bonchev–Trinajstić information content (AvgIpc) is 2.77. The van der Waals surface area contributed by atoms with E-state index in [4.69, 9.17) is 11.6 Å². The van der Waals surface area contributed by atoms with Gasteiger partial charge in [-0.25, -0.2) is 10.3 Å². The van der Waals surface area contributed by atoms with E-state index < -0.39 is 24.1 Å². The molecule has 0 aliphatic carbocycles. The maximum absolute atomic E-state index is 13.0. The minimum absolute atomic E-state index is 0.000975. The number of halogens is 1. The fourth-order valence-corrected chi connectivity index (χ4v) is 2.83. The van der Waals surface area contributed by atoms with E-state index in [0.717, 1.165) is 4.90 Å². The van der Waals surface area contributed by atoms with Gasteiger partial charge in [0.1, 0.15) is 12.2 Å². The van der Waals surface area contributed by atoms with Crippen molar-refractivity contribution >= 4 is 41.2 Å². The standard InChI is InChI=1S/C23H18ClN3O4/c24-18-10-12-19(13-11-18)27(23(31)16-6-2-1-3-7-16)22(30)14-21(29)26-25-15-17-8-4-5-9-20(17)28/h1-13,15,28H,14H2,(H,26,29)/b25-15+. The molecule has 0 bridgehead atoms. The van der Waals surface area contributed by atoms with Gasteiger partial charge in [0.2, 0.25) is 11.8 Å². The predicted octanol–water partition coefficient (Wildman–Crippen LogP) is 3.76. The number of imide groups is 1. The second-order valence-corrected chi connectivity index (χ2v) is 6.84. The van der Waals surface area contributed by atoms with Crippen LogP contribution >= 0.6 is 11.6 Å². The van der Waals surface area contributed by atoms with Crippen LogP contribution in [0.15, 0.2) is 84.0 Å². The zero-order valence-electron chi connectivity index (χ0n) is 16.2. The molecule has 0 heterocycles. The van der Waals surface area contributed by atoms with Crippen LogP contribution in [-0.4, -0.2) is 29.0 Å². The van der Waals surface area contributed by atoms with Crippen molar-refractivity contribution in [2.75, 3.05) is 4.90 Å². The number of benzene rings is 3. The lowest BCUT2D eigenvalue weighted by atomic mass is 10.1. The number of nitrogens with one attached hydrogen (secondary N) is 1. The summed E-state index contributed by atoms with van der Waals surface area (Å²) in [6, 6.07) is 20.8. The third-order valence-corrected chi connectivity index (χ3v) is 4.45. The Kier molecular flexibility index (Phi) is 7.13. The molecule has 8 heteroatoms. The van der Waals surface area contributed by atoms with Gasteiger partial charge in [0.25, 0.3) is 5.91 Å². The fraction of sp³-hybridized carbons (Fsp3) is 0.0435. The van der Waals surface area contributed by atoms with Crippen molar-refractivity contribution in [3.63, 3.8) is 0 Å². The first-order chi connectivity index (χ1) is 15.0. The van der Waals surface area contributed by atoms with Crippen molar-refractivity contribution in [1.29, 1.82) is 0 Å². The largest absolute Gasteiger partial charge is 0.507 e. The van der Waals surface area contributed by atoms with E-state index in [9.17, 15) is 19.5 Å². The monoisotopic (exact) mass is 435 g/mol. The van der Waals surface area contributed by atoms with Gasteiger partial charge in [-0.1, -0.05) is 41.9 Å². The Hall–Kier alpha value is -3.97. The molecule has 0 spiro atoms. The van der Waals surface area contributed by atoms with Crippen molar-refractivity contribution < 1.29 is 19.5 Å². The summed E-state index contributed by atoms with van der Waals surface area (Å²) in [7, 11) is 0. The molecule has 0 radical (unpaired) electrons. The predicted molar refractivity (Wildman–Crippen MR) is 118 cm³/mol. The van der Waals surface area contributed by atoms with Gasteiger partial charge in [-0.3, -0.25) is 14.4 Å². The maximum Gasteiger partial charge on any atom is 0.265 e. The first-order valence-corrected chi connectivity index (χ1v) is 9.61. The molecule has 156 valence electrons. The van der Waals surface area contributed by atoms with Crippen LogP contribution in [0, 0.1) is 0 Å². The molecular formula is C23H18ClN3O4. The van der Waals surface area contributed by atoms with E-state index in [2.05, 4.69) is 10.5 Å². The number of hydrogen-bond acceptors (Lipinski definition) is 5. The highest BCUT2D eigenvalue weighted by atomic mass is 35.5. The first-order valence-electron chi connectivity index (χ1n) is 9.23. The number of anilines is 1. The topological polar surface area (TPSA) is 99.1 Å². The summed E-state index contributed by atoms with van der Waals surface area (Å²) < 4.78 is 0. The minimum atomic E-state index is -0.730. The summed E-state index contributed by atoms with van der Waals surface area (Å²) in [5.74, 6) is -2.01. The van der Waals surface area contributed by atoms with Crippen molar-refractivity contribution in [1.82, 2.24) is 5.43 Å². The molecule has 2 N–H and O–H groups in total. The highest BCUT2D eigenvalue weighted by Gasteiger charge is 2.26. The Balaban J connectivity index is 1.75. The molecule has 0 atom stereocenters. The van der Waals surface area contributed by atoms with E-state index in [1.54, 1.807) is 60.7 Å². The van der Waals surface area contributed by atoms with E-state index in [-0.39, 0.29) is 11.4 Å². The van der Waals surface area contributed by atoms with Crippen molar-refractivity contribution in [3.05, 3.63) is 95.0 Å². The van der Waals surface area contributed by atoms with Gasteiger partial charge in [0, 0.05) is 16.1 Å². The third kappa shape index (κ3) is 5.77. The quantitative estimate of drug-likeness (QED) is 0.350. The Morgan fingerprint density at radius 1 is 0.935 bits per heavy atom. The van der Waals surface area contributed by atoms with Gasteiger partial charge in [0.05, 0.1) is 11.9 Å². The number of hydrogen-bond donors (Lipinski definition) is 2. The van der Waals surface area contributed by atoms with Gasteiger partial charge in [-0.15, -0.1) is 0 Å². The normalized spacial score (nSPS) is 10.6. The van der Waals surface area contributed by atoms with Crippen LogP contribution in [0.2, 0.25) is 5.02 Å². The molecule has 0 aliphatic rings. The molecule has 3 rings (SSSR count). The molecule has 0 saturated heterocycles. The van der Waals surface area contributed by atoms with Gasteiger partial charge in [-0.05, 0) is 48.5 Å². The Morgan fingerprint density at radius 3 is 2.26 bits per heavy atom. The molecular weight excluding hydrogens is 418 g/mol. The van der Waals surface area contributed by atoms with E-state index in [0.29, 0.717) is 16.1 Å². The second-order valence-electron chi connectivity index (χ2n) is 6.41. The van der Waals surface area contributed by atoms with Crippen LogP contribution in [0.1, 0.15) is 22.3 Å². The maximum atomic E-state index is 13.0. The molecule has 31 heavy (non-hydrogen) atoms. The van der Waals surface area contributed by atoms with Gasteiger partial charge < -0.3 is 5.11 Å². The average molecular weight is 436 g/mol. The number of rotatable bonds is 6. The summed E-state index contributed by atoms with van der Waals surface area (Å²) >= 11 is 5.91. The van der Waals surface area contributed by atoms with Crippen LogP contribution < -0.4 is 10.3 Å². The van der Waals surface area contributed by atoms with Gasteiger partial charge in [-0.2, -0.15) is 5.10 Å². The zero-order valence-corrected chi connectivity index (χ0v) is 17.0. The van der Waals surface area contributed by atoms with Crippen molar-refractivity contribution in [3.8, 4) is 5.75 Å². The smallest absolute Gasteiger partial charge is 0.265 e. The number of aromatic hydroxyl groups is 1. The van der Waals surface area contributed by atoms with E-state index in [1.807, 2.05) is 0 Å². The summed E-state index contributed by atoms with van der Waals surface area (Å²) in [5, 5.41) is 13.9.